The van der Waals surface area contributed by atoms with Crippen molar-refractivity contribution in [3.05, 3.63) is 83.4 Å². The maximum Gasteiger partial charge on any atom is 0.340 e. The average molecular weight is 431 g/mol. The zero-order valence-corrected chi connectivity index (χ0v) is 17.6. The largest absolute Gasteiger partial charge is 0.457 e. The summed E-state index contributed by atoms with van der Waals surface area (Å²) in [7, 11) is 0. The number of nitrogens with zero attached hydrogens (tertiary/aromatic N) is 6. The summed E-state index contributed by atoms with van der Waals surface area (Å²) < 4.78 is 8.61. The number of ether oxygens (including phenoxy) is 1. The lowest BCUT2D eigenvalue weighted by Gasteiger charge is -2.11. The smallest absolute Gasteiger partial charge is 0.340 e. The molecule has 0 fully saturated rings. The number of rotatable bonds is 7. The summed E-state index contributed by atoms with van der Waals surface area (Å²) in [6.45, 7) is 3.97. The molecule has 32 heavy (non-hydrogen) atoms. The predicted molar refractivity (Wildman–Crippen MR) is 115 cm³/mol. The summed E-state index contributed by atoms with van der Waals surface area (Å²) in [6, 6.07) is 16.3. The molecule has 2 heterocycles. The number of hydrogen-bond acceptors (Lipinski definition) is 7. The van der Waals surface area contributed by atoms with E-state index in [1.807, 2.05) is 48.9 Å². The monoisotopic (exact) mass is 431 g/mol. The number of benzene rings is 2. The lowest BCUT2D eigenvalue weighted by molar-refractivity contribution is -0.116. The van der Waals surface area contributed by atoms with E-state index in [2.05, 4.69) is 25.9 Å². The van der Waals surface area contributed by atoms with Gasteiger partial charge in [0.25, 0.3) is 0 Å². The number of tetrazole rings is 1. The summed E-state index contributed by atoms with van der Waals surface area (Å²) in [5.74, 6) is -0.900. The lowest BCUT2D eigenvalue weighted by Crippen LogP contribution is -2.21. The van der Waals surface area contributed by atoms with Gasteiger partial charge in [0.05, 0.1) is 22.6 Å². The van der Waals surface area contributed by atoms with Crippen LogP contribution in [-0.4, -0.2) is 41.9 Å². The van der Waals surface area contributed by atoms with Crippen LogP contribution in [0.4, 0.5) is 5.69 Å². The number of carbonyl (C=O) groups is 2. The Labute approximate surface area is 183 Å². The summed E-state index contributed by atoms with van der Waals surface area (Å²) in [5, 5.41) is 17.8. The molecule has 0 saturated carbocycles. The van der Waals surface area contributed by atoms with Crippen LogP contribution in [-0.2, 0) is 22.7 Å². The number of carbonyl (C=O) groups excluding carboxylic acids is 2. The van der Waals surface area contributed by atoms with Gasteiger partial charge in [0.15, 0.2) is 0 Å². The predicted octanol–water partition coefficient (Wildman–Crippen LogP) is 2.47. The highest BCUT2D eigenvalue weighted by atomic mass is 16.5. The zero-order chi connectivity index (χ0) is 22.5. The normalized spacial score (nSPS) is 10.7. The van der Waals surface area contributed by atoms with Gasteiger partial charge in [-0.15, -0.1) is 5.10 Å². The molecule has 0 aliphatic rings. The van der Waals surface area contributed by atoms with Gasteiger partial charge in [0, 0.05) is 5.69 Å². The van der Waals surface area contributed by atoms with Crippen LogP contribution < -0.4 is 5.32 Å². The molecule has 4 aromatic rings. The molecule has 1 amide bonds. The zero-order valence-electron chi connectivity index (χ0n) is 17.6. The van der Waals surface area contributed by atoms with Crippen LogP contribution >= 0.6 is 0 Å². The third-order valence-corrected chi connectivity index (χ3v) is 4.68. The molecular weight excluding hydrogens is 410 g/mol. The maximum atomic E-state index is 12.6. The van der Waals surface area contributed by atoms with Gasteiger partial charge in [-0.3, -0.25) is 4.79 Å². The van der Waals surface area contributed by atoms with E-state index in [9.17, 15) is 9.59 Å². The highest BCUT2D eigenvalue weighted by Gasteiger charge is 2.15. The van der Waals surface area contributed by atoms with Crippen molar-refractivity contribution in [2.24, 2.45) is 0 Å². The van der Waals surface area contributed by atoms with Crippen molar-refractivity contribution in [2.45, 2.75) is 27.0 Å². The number of aromatic nitrogens is 6. The van der Waals surface area contributed by atoms with Gasteiger partial charge >= 0.3 is 5.97 Å². The van der Waals surface area contributed by atoms with Crippen LogP contribution in [0.15, 0.2) is 60.9 Å². The highest BCUT2D eigenvalue weighted by molar-refractivity contribution is 6.01. The number of aryl methyl sites for hydroxylation is 2. The van der Waals surface area contributed by atoms with E-state index < -0.39 is 5.97 Å². The first kappa shape index (κ1) is 20.9. The molecule has 0 atom stereocenters. The molecule has 10 heteroatoms. The quantitative estimate of drug-likeness (QED) is 0.447. The van der Waals surface area contributed by atoms with Crippen molar-refractivity contribution in [2.75, 3.05) is 5.32 Å². The van der Waals surface area contributed by atoms with E-state index in [1.165, 1.54) is 11.0 Å². The van der Waals surface area contributed by atoms with Gasteiger partial charge in [0.2, 0.25) is 5.91 Å². The van der Waals surface area contributed by atoms with Crippen molar-refractivity contribution in [1.29, 1.82) is 0 Å². The van der Waals surface area contributed by atoms with Crippen LogP contribution in [0.1, 0.15) is 27.3 Å². The number of esters is 1. The molecule has 0 spiro atoms. The van der Waals surface area contributed by atoms with Crippen LogP contribution in [0, 0.1) is 13.8 Å². The van der Waals surface area contributed by atoms with Crippen LogP contribution in [0.3, 0.4) is 0 Å². The Morgan fingerprint density at radius 2 is 1.84 bits per heavy atom. The fourth-order valence-corrected chi connectivity index (χ4v) is 3.21. The summed E-state index contributed by atoms with van der Waals surface area (Å²) in [4.78, 5) is 24.9. The van der Waals surface area contributed by atoms with Crippen molar-refractivity contribution >= 4 is 17.6 Å². The second-order valence-electron chi connectivity index (χ2n) is 7.18. The molecule has 2 aromatic heterocycles. The molecule has 0 bridgehead atoms. The maximum absolute atomic E-state index is 12.6. The number of para-hydroxylation sites is 1. The molecule has 1 N–H and O–H groups in total. The minimum atomic E-state index is -0.536. The Bertz CT molecular complexity index is 1230. The van der Waals surface area contributed by atoms with Crippen molar-refractivity contribution in [3.63, 3.8) is 0 Å². The molecule has 2 aromatic carbocycles. The number of hydrogen-bond donors (Lipinski definition) is 1. The Kier molecular flexibility index (Phi) is 6.02. The van der Waals surface area contributed by atoms with E-state index in [4.69, 9.17) is 4.74 Å². The minimum Gasteiger partial charge on any atom is -0.457 e. The second kappa shape index (κ2) is 9.21. The van der Waals surface area contributed by atoms with Crippen molar-refractivity contribution in [3.8, 4) is 5.69 Å². The molecule has 162 valence electrons. The standard InChI is InChI=1S/C22H21N7O3/c1-15-11-16(2)29(25-15)18-9-7-17(8-10-18)13-32-22(31)19-5-3-4-6-20(19)24-21(30)12-28-14-23-26-27-28/h3-11,14H,12-13H2,1-2H3,(H,24,30). The van der Waals surface area contributed by atoms with Gasteiger partial charge < -0.3 is 10.1 Å². The van der Waals surface area contributed by atoms with E-state index in [1.54, 1.807) is 24.3 Å². The van der Waals surface area contributed by atoms with Gasteiger partial charge in [-0.1, -0.05) is 24.3 Å². The number of nitrogens with one attached hydrogen (secondary N) is 1. The van der Waals surface area contributed by atoms with Gasteiger partial charge in [0.1, 0.15) is 19.5 Å². The Morgan fingerprint density at radius 3 is 2.53 bits per heavy atom. The molecule has 0 radical (unpaired) electrons. The first-order valence-electron chi connectivity index (χ1n) is 9.89. The summed E-state index contributed by atoms with van der Waals surface area (Å²) in [6.07, 6.45) is 1.33. The molecule has 0 saturated heterocycles. The number of amides is 1. The molecule has 0 aliphatic heterocycles. The van der Waals surface area contributed by atoms with E-state index in [0.29, 0.717) is 5.69 Å². The van der Waals surface area contributed by atoms with E-state index >= 15 is 0 Å². The van der Waals surface area contributed by atoms with Crippen LogP contribution in [0.2, 0.25) is 0 Å². The SMILES string of the molecule is Cc1cc(C)n(-c2ccc(COC(=O)c3ccccc3NC(=O)Cn3cnnn3)cc2)n1. The van der Waals surface area contributed by atoms with Gasteiger partial charge in [-0.2, -0.15) is 5.10 Å². The molecule has 4 rings (SSSR count). The Balaban J connectivity index is 1.39. The summed E-state index contributed by atoms with van der Waals surface area (Å²) in [5.41, 5.74) is 4.38. The van der Waals surface area contributed by atoms with Crippen LogP contribution in [0.25, 0.3) is 5.69 Å². The minimum absolute atomic E-state index is 0.0714. The summed E-state index contributed by atoms with van der Waals surface area (Å²) >= 11 is 0. The first-order valence-corrected chi connectivity index (χ1v) is 9.89. The number of anilines is 1. The first-order chi connectivity index (χ1) is 15.5. The van der Waals surface area contributed by atoms with Gasteiger partial charge in [-0.25, -0.2) is 14.2 Å². The van der Waals surface area contributed by atoms with Gasteiger partial charge in [-0.05, 0) is 60.2 Å². The van der Waals surface area contributed by atoms with E-state index in [0.717, 1.165) is 22.6 Å². The molecule has 10 nitrogen and oxygen atoms in total. The fraction of sp³-hybridized carbons (Fsp3) is 0.182. The molecule has 0 unspecified atom stereocenters. The molecule has 0 aliphatic carbocycles. The lowest BCUT2D eigenvalue weighted by atomic mass is 10.1. The second-order valence-corrected chi connectivity index (χ2v) is 7.18. The third kappa shape index (κ3) is 4.86. The van der Waals surface area contributed by atoms with Crippen molar-refractivity contribution in [1.82, 2.24) is 30.0 Å². The topological polar surface area (TPSA) is 117 Å². The van der Waals surface area contributed by atoms with Crippen molar-refractivity contribution < 1.29 is 14.3 Å². The highest BCUT2D eigenvalue weighted by Crippen LogP contribution is 2.18. The average Bonchev–Trinajstić information content (AvgIpc) is 3.41. The Hall–Kier alpha value is -4.34. The third-order valence-electron chi connectivity index (χ3n) is 4.68. The molecular formula is C22H21N7O3. The van der Waals surface area contributed by atoms with Crippen LogP contribution in [0.5, 0.6) is 0 Å². The fourth-order valence-electron chi connectivity index (χ4n) is 3.21. The Morgan fingerprint density at radius 1 is 1.06 bits per heavy atom. The van der Waals surface area contributed by atoms with E-state index in [-0.39, 0.29) is 24.6 Å².